The van der Waals surface area contributed by atoms with Gasteiger partial charge in [0.25, 0.3) is 0 Å². The van der Waals surface area contributed by atoms with Crippen molar-refractivity contribution in [3.63, 3.8) is 0 Å². The highest BCUT2D eigenvalue weighted by Gasteiger charge is 2.11. The molecule has 3 aromatic rings. The van der Waals surface area contributed by atoms with E-state index in [1.54, 1.807) is 6.21 Å². The lowest BCUT2D eigenvalue weighted by atomic mass is 10.1. The second-order valence-electron chi connectivity index (χ2n) is 7.33. The minimum Gasteiger partial charge on any atom is -0.318 e. The van der Waals surface area contributed by atoms with Gasteiger partial charge in [-0.3, -0.25) is 4.79 Å². The van der Waals surface area contributed by atoms with Gasteiger partial charge in [-0.2, -0.15) is 5.10 Å². The van der Waals surface area contributed by atoms with Gasteiger partial charge in [-0.05, 0) is 57.0 Å². The van der Waals surface area contributed by atoms with E-state index in [0.29, 0.717) is 11.5 Å². The molecule has 30 heavy (non-hydrogen) atoms. The van der Waals surface area contributed by atoms with Crippen molar-refractivity contribution < 1.29 is 4.79 Å². The number of nitrogens with one attached hydrogen (secondary N) is 1. The van der Waals surface area contributed by atoms with Gasteiger partial charge in [-0.1, -0.05) is 47.5 Å². The van der Waals surface area contributed by atoms with Gasteiger partial charge in [0.2, 0.25) is 5.91 Å². The molecule has 0 radical (unpaired) electrons. The van der Waals surface area contributed by atoms with Crippen LogP contribution in [0.5, 0.6) is 0 Å². The Balaban J connectivity index is 1.60. The lowest BCUT2D eigenvalue weighted by molar-refractivity contribution is -0.118. The van der Waals surface area contributed by atoms with E-state index in [-0.39, 0.29) is 5.91 Å². The number of carbonyl (C=O) groups is 1. The molecule has 4 nitrogen and oxygen atoms in total. The molecule has 6 heteroatoms. The van der Waals surface area contributed by atoms with Gasteiger partial charge in [-0.25, -0.2) is 5.43 Å². The highest BCUT2D eigenvalue weighted by atomic mass is 35.5. The number of aryl methyl sites for hydroxylation is 3. The summed E-state index contributed by atoms with van der Waals surface area (Å²) in [5.41, 5.74) is 10.5. The summed E-state index contributed by atoms with van der Waals surface area (Å²) in [7, 11) is 0. The van der Waals surface area contributed by atoms with Crippen LogP contribution in [0.2, 0.25) is 5.02 Å². The topological polar surface area (TPSA) is 46.4 Å². The summed E-state index contributed by atoms with van der Waals surface area (Å²) < 4.78 is 2.22. The van der Waals surface area contributed by atoms with E-state index in [4.69, 9.17) is 11.6 Å². The Bertz CT molecular complexity index is 1090. The van der Waals surface area contributed by atoms with Crippen LogP contribution < -0.4 is 5.43 Å². The number of benzene rings is 2. The number of nitrogens with zero attached hydrogens (tertiary/aromatic N) is 2. The first-order valence-electron chi connectivity index (χ1n) is 9.76. The Morgan fingerprint density at radius 1 is 1.13 bits per heavy atom. The van der Waals surface area contributed by atoms with E-state index >= 15 is 0 Å². The zero-order chi connectivity index (χ0) is 21.7. The molecule has 0 aliphatic carbocycles. The minimum absolute atomic E-state index is 0.133. The molecule has 0 aliphatic heterocycles. The van der Waals surface area contributed by atoms with Gasteiger partial charge in [-0.15, -0.1) is 11.8 Å². The predicted molar refractivity (Wildman–Crippen MR) is 128 cm³/mol. The summed E-state index contributed by atoms with van der Waals surface area (Å²) in [5.74, 6) is 0.879. The van der Waals surface area contributed by atoms with Gasteiger partial charge < -0.3 is 4.57 Å². The standard InChI is InChI=1S/C24H26ClN3OS/c1-16-9-10-23(17(2)11-16)28-18(3)12-21(19(28)4)13-26-27-24(29)15-30-14-20-7-5-6-8-22(20)25/h5-13H,14-15H2,1-4H3,(H,27,29)/b26-13+. The molecule has 1 amide bonds. The number of hydrogen-bond acceptors (Lipinski definition) is 3. The van der Waals surface area contributed by atoms with E-state index < -0.39 is 0 Å². The number of thioether (sulfide) groups is 1. The molecule has 2 aromatic carbocycles. The fourth-order valence-electron chi connectivity index (χ4n) is 3.42. The number of carbonyl (C=O) groups excluding carboxylic acids is 1. The van der Waals surface area contributed by atoms with Crippen molar-refractivity contribution in [2.24, 2.45) is 5.10 Å². The summed E-state index contributed by atoms with van der Waals surface area (Å²) in [6.45, 7) is 8.36. The van der Waals surface area contributed by atoms with Crippen molar-refractivity contribution in [3.05, 3.63) is 87.2 Å². The SMILES string of the molecule is Cc1ccc(-n2c(C)cc(/C=N/NC(=O)CSCc3ccccc3Cl)c2C)c(C)c1. The Morgan fingerprint density at radius 3 is 2.63 bits per heavy atom. The van der Waals surface area contributed by atoms with Crippen LogP contribution >= 0.6 is 23.4 Å². The van der Waals surface area contributed by atoms with Crippen LogP contribution in [0, 0.1) is 27.7 Å². The molecule has 0 unspecified atom stereocenters. The minimum atomic E-state index is -0.133. The van der Waals surface area contributed by atoms with Gasteiger partial charge >= 0.3 is 0 Å². The third-order valence-corrected chi connectivity index (χ3v) is 6.26. The average Bonchev–Trinajstić information content (AvgIpc) is 2.97. The predicted octanol–water partition coefficient (Wildman–Crippen LogP) is 5.75. The molecule has 156 valence electrons. The van der Waals surface area contributed by atoms with Crippen molar-refractivity contribution in [3.8, 4) is 5.69 Å². The van der Waals surface area contributed by atoms with Gasteiger partial charge in [0.15, 0.2) is 0 Å². The summed E-state index contributed by atoms with van der Waals surface area (Å²) in [6.07, 6.45) is 1.71. The largest absolute Gasteiger partial charge is 0.318 e. The Labute approximate surface area is 187 Å². The van der Waals surface area contributed by atoms with Crippen LogP contribution in [0.25, 0.3) is 5.69 Å². The average molecular weight is 440 g/mol. The van der Waals surface area contributed by atoms with Crippen LogP contribution in [-0.2, 0) is 10.5 Å². The van der Waals surface area contributed by atoms with Gasteiger partial charge in [0.1, 0.15) is 0 Å². The van der Waals surface area contributed by atoms with Crippen molar-refractivity contribution in [2.75, 3.05) is 5.75 Å². The number of amides is 1. The Kier molecular flexibility index (Phi) is 7.40. The van der Waals surface area contributed by atoms with Crippen molar-refractivity contribution in [1.82, 2.24) is 9.99 Å². The molecular formula is C24H26ClN3OS. The smallest absolute Gasteiger partial charge is 0.250 e. The zero-order valence-electron chi connectivity index (χ0n) is 17.7. The summed E-state index contributed by atoms with van der Waals surface area (Å²) in [4.78, 5) is 12.1. The third kappa shape index (κ3) is 5.35. The van der Waals surface area contributed by atoms with Crippen molar-refractivity contribution >= 4 is 35.5 Å². The summed E-state index contributed by atoms with van der Waals surface area (Å²) >= 11 is 7.65. The molecule has 0 atom stereocenters. The molecule has 0 bridgehead atoms. The first-order chi connectivity index (χ1) is 14.4. The van der Waals surface area contributed by atoms with Crippen molar-refractivity contribution in [2.45, 2.75) is 33.4 Å². The maximum Gasteiger partial charge on any atom is 0.250 e. The monoisotopic (exact) mass is 439 g/mol. The van der Waals surface area contributed by atoms with Gasteiger partial charge in [0, 0.05) is 33.4 Å². The second kappa shape index (κ2) is 10.0. The molecule has 0 spiro atoms. The molecule has 0 saturated carbocycles. The van der Waals surface area contributed by atoms with E-state index in [1.165, 1.54) is 22.9 Å². The molecular weight excluding hydrogens is 414 g/mol. The molecule has 0 aliphatic rings. The summed E-state index contributed by atoms with van der Waals surface area (Å²) in [5, 5.41) is 4.88. The molecule has 1 heterocycles. The van der Waals surface area contributed by atoms with Crippen LogP contribution in [0.4, 0.5) is 0 Å². The van der Waals surface area contributed by atoms with E-state index in [2.05, 4.69) is 67.1 Å². The lowest BCUT2D eigenvalue weighted by Crippen LogP contribution is -2.19. The first-order valence-corrected chi connectivity index (χ1v) is 11.3. The fraction of sp³-hybridized carbons (Fsp3) is 0.250. The number of halogens is 1. The highest BCUT2D eigenvalue weighted by Crippen LogP contribution is 2.23. The molecule has 0 saturated heterocycles. The molecule has 3 rings (SSSR count). The maximum atomic E-state index is 12.1. The van der Waals surface area contributed by atoms with Crippen molar-refractivity contribution in [1.29, 1.82) is 0 Å². The third-order valence-electron chi connectivity index (χ3n) is 4.90. The molecule has 1 aromatic heterocycles. The van der Waals surface area contributed by atoms with Crippen LogP contribution in [0.1, 0.15) is 33.6 Å². The fourth-order valence-corrected chi connectivity index (χ4v) is 4.53. The quantitative estimate of drug-likeness (QED) is 0.376. The molecule has 1 N–H and O–H groups in total. The van der Waals surface area contributed by atoms with E-state index in [1.807, 2.05) is 24.3 Å². The van der Waals surface area contributed by atoms with E-state index in [9.17, 15) is 4.79 Å². The normalized spacial score (nSPS) is 11.2. The van der Waals surface area contributed by atoms with Crippen LogP contribution in [-0.4, -0.2) is 22.4 Å². The lowest BCUT2D eigenvalue weighted by Gasteiger charge is -2.13. The van der Waals surface area contributed by atoms with Crippen LogP contribution in [0.15, 0.2) is 53.6 Å². The Morgan fingerprint density at radius 2 is 1.90 bits per heavy atom. The number of aromatic nitrogens is 1. The molecule has 0 fully saturated rings. The van der Waals surface area contributed by atoms with Gasteiger partial charge in [0.05, 0.1) is 12.0 Å². The number of hydrazone groups is 1. The van der Waals surface area contributed by atoms with Crippen LogP contribution in [0.3, 0.4) is 0 Å². The second-order valence-corrected chi connectivity index (χ2v) is 8.72. The maximum absolute atomic E-state index is 12.1. The Hall–Kier alpha value is -2.50. The zero-order valence-corrected chi connectivity index (χ0v) is 19.3. The summed E-state index contributed by atoms with van der Waals surface area (Å²) in [6, 6.07) is 16.2. The first kappa shape index (κ1) is 22.2. The van der Waals surface area contributed by atoms with E-state index in [0.717, 1.165) is 33.2 Å². The highest BCUT2D eigenvalue weighted by molar-refractivity contribution is 7.99. The number of rotatable bonds is 7. The number of hydrogen-bond donors (Lipinski definition) is 1.